The van der Waals surface area contributed by atoms with Crippen molar-refractivity contribution < 1.29 is 109 Å². The number of fused-ring (bicyclic) bond motifs is 7. The van der Waals surface area contributed by atoms with Crippen LogP contribution < -0.4 is 0 Å². The highest BCUT2D eigenvalue weighted by Crippen LogP contribution is 2.76. The Hall–Kier alpha value is -1.59. The van der Waals surface area contributed by atoms with Crippen LogP contribution in [-0.4, -0.2) is 222 Å². The van der Waals surface area contributed by atoms with Gasteiger partial charge < -0.3 is 104 Å². The van der Waals surface area contributed by atoms with Gasteiger partial charge in [0.15, 0.2) is 18.9 Å². The Morgan fingerprint density at radius 2 is 1.23 bits per heavy atom. The van der Waals surface area contributed by atoms with E-state index in [9.17, 15) is 66.4 Å². The van der Waals surface area contributed by atoms with E-state index in [0.29, 0.717) is 25.7 Å². The monoisotopic (exact) mass is 1060 g/mol. The van der Waals surface area contributed by atoms with E-state index in [1.54, 1.807) is 0 Å². The third kappa shape index (κ3) is 9.16. The van der Waals surface area contributed by atoms with Crippen LogP contribution in [-0.2, 0) is 42.7 Å². The lowest BCUT2D eigenvalue weighted by Gasteiger charge is -2.71. The van der Waals surface area contributed by atoms with Crippen LogP contribution in [0, 0.1) is 50.2 Å². The molecule has 5 aliphatic carbocycles. The van der Waals surface area contributed by atoms with Crippen LogP contribution in [0.1, 0.15) is 106 Å². The Morgan fingerprint density at radius 1 is 0.622 bits per heavy atom. The highest BCUT2D eigenvalue weighted by atomic mass is 16.8. The van der Waals surface area contributed by atoms with E-state index in [1.807, 2.05) is 0 Å². The summed E-state index contributed by atoms with van der Waals surface area (Å²) in [7, 11) is 0. The highest BCUT2D eigenvalue weighted by molar-refractivity contribution is 5.80. The number of aliphatic hydroxyl groups excluding tert-OH is 13. The minimum absolute atomic E-state index is 0.107. The Balaban J connectivity index is 0.937. The lowest BCUT2D eigenvalue weighted by Crippen LogP contribution is -2.68. The van der Waals surface area contributed by atoms with Gasteiger partial charge in [0.25, 0.3) is 0 Å². The number of carbonyl (C=O) groups is 1. The Labute approximate surface area is 431 Å². The molecule has 4 saturated heterocycles. The summed E-state index contributed by atoms with van der Waals surface area (Å²) in [6.07, 6.45) is -22.3. The molecule has 22 nitrogen and oxygen atoms in total. The Morgan fingerprint density at radius 3 is 1.91 bits per heavy atom. The first-order valence-electron chi connectivity index (χ1n) is 26.7. The lowest BCUT2D eigenvalue weighted by molar-refractivity contribution is -0.367. The van der Waals surface area contributed by atoms with Crippen molar-refractivity contribution in [3.8, 4) is 0 Å². The molecule has 4 aliphatic heterocycles. The van der Waals surface area contributed by atoms with Crippen molar-refractivity contribution in [2.45, 2.75) is 229 Å². The third-order valence-electron chi connectivity index (χ3n) is 20.6. The number of hydrogen-bond donors (Lipinski definition) is 13. The Kier molecular flexibility index (Phi) is 15.8. The maximum Gasteiger partial charge on any atom is 0.317 e. The standard InChI is InChI=1S/C52H84O22/c1-47(2)14-15-52(46(66)74-44-40(65)37(62)35(60)27(71-44)21-69-42-38(63)32(57)24(54)19-67-42)23(16-47)22-8-9-29-49(5)12-11-31(48(3,4)28(49)10-13-50(29,6)51(22,7)17-30(52)56)72-45-41(33(58)25(55)20-68-45)73-43-39(64)36(61)34(59)26(18-53)70-43/h8,23-45,53-65H,9-21H2,1-7H3/t23-,24+,25-,26+,27+,28-,29+,30+,31-,32-,33-,34+,35+,36-,37-,38+,39+,40+,41+,42-,43-,44-,45-,49-,50+,51+,52+/m0/s1. The molecule has 0 amide bonds. The molecule has 4 heterocycles. The first-order chi connectivity index (χ1) is 34.6. The lowest BCUT2D eigenvalue weighted by atomic mass is 9.33. The van der Waals surface area contributed by atoms with Crippen LogP contribution in [0.25, 0.3) is 0 Å². The van der Waals surface area contributed by atoms with Gasteiger partial charge in [0.2, 0.25) is 6.29 Å². The molecule has 22 heteroatoms. The smallest absolute Gasteiger partial charge is 0.317 e. The van der Waals surface area contributed by atoms with Gasteiger partial charge in [-0.2, -0.15) is 0 Å². The fourth-order valence-corrected chi connectivity index (χ4v) is 15.9. The summed E-state index contributed by atoms with van der Waals surface area (Å²) in [4.78, 5) is 15.1. The van der Waals surface area contributed by atoms with E-state index in [2.05, 4.69) is 54.5 Å². The van der Waals surface area contributed by atoms with Crippen molar-refractivity contribution in [2.75, 3.05) is 26.4 Å². The van der Waals surface area contributed by atoms with Gasteiger partial charge >= 0.3 is 5.97 Å². The van der Waals surface area contributed by atoms with Gasteiger partial charge in [-0.05, 0) is 103 Å². The number of rotatable bonds is 10. The van der Waals surface area contributed by atoms with E-state index in [4.69, 9.17) is 37.9 Å². The first kappa shape index (κ1) is 57.1. The zero-order chi connectivity index (χ0) is 54.0. The maximum absolute atomic E-state index is 15.1. The summed E-state index contributed by atoms with van der Waals surface area (Å²) in [5.74, 6) is -1.03. The predicted molar refractivity (Wildman–Crippen MR) is 252 cm³/mol. The molecule has 27 atom stereocenters. The molecule has 9 aliphatic rings. The summed E-state index contributed by atoms with van der Waals surface area (Å²) in [6, 6.07) is 0. The van der Waals surface area contributed by atoms with Gasteiger partial charge in [0, 0.05) is 0 Å². The zero-order valence-corrected chi connectivity index (χ0v) is 43.5. The summed E-state index contributed by atoms with van der Waals surface area (Å²) in [6.45, 7) is 13.7. The molecule has 424 valence electrons. The van der Waals surface area contributed by atoms with Gasteiger partial charge in [0.1, 0.15) is 90.9 Å². The molecule has 4 saturated carbocycles. The first-order valence-corrected chi connectivity index (χ1v) is 26.7. The molecule has 0 aromatic carbocycles. The minimum Gasteiger partial charge on any atom is -0.432 e. The van der Waals surface area contributed by atoms with Gasteiger partial charge in [-0.15, -0.1) is 0 Å². The van der Waals surface area contributed by atoms with Crippen LogP contribution in [0.3, 0.4) is 0 Å². The topological polar surface area (TPSA) is 354 Å². The zero-order valence-electron chi connectivity index (χ0n) is 43.5. The summed E-state index contributed by atoms with van der Waals surface area (Å²) in [5.41, 5.74) is -2.27. The quantitative estimate of drug-likeness (QED) is 0.0653. The predicted octanol–water partition coefficient (Wildman–Crippen LogP) is -1.79. The molecule has 0 unspecified atom stereocenters. The number of aliphatic hydroxyl groups is 13. The van der Waals surface area contributed by atoms with Gasteiger partial charge in [-0.3, -0.25) is 4.79 Å². The van der Waals surface area contributed by atoms with E-state index in [1.165, 1.54) is 0 Å². The van der Waals surface area contributed by atoms with Crippen LogP contribution in [0.15, 0.2) is 11.6 Å². The maximum atomic E-state index is 15.1. The minimum atomic E-state index is -1.88. The van der Waals surface area contributed by atoms with Crippen molar-refractivity contribution in [2.24, 2.45) is 50.2 Å². The average Bonchev–Trinajstić information content (AvgIpc) is 3.34. The molecule has 0 radical (unpaired) electrons. The molecule has 0 bridgehead atoms. The summed E-state index contributed by atoms with van der Waals surface area (Å²) < 4.78 is 47.2. The number of hydrogen-bond acceptors (Lipinski definition) is 22. The number of carbonyl (C=O) groups excluding carboxylic acids is 1. The molecule has 8 fully saturated rings. The normalized spacial score (nSPS) is 54.1. The third-order valence-corrected chi connectivity index (χ3v) is 20.6. The Bertz CT molecular complexity index is 2040. The van der Waals surface area contributed by atoms with Crippen LogP contribution in [0.4, 0.5) is 0 Å². The van der Waals surface area contributed by atoms with Gasteiger partial charge in [-0.1, -0.05) is 60.1 Å². The van der Waals surface area contributed by atoms with Gasteiger partial charge in [0.05, 0.1) is 38.6 Å². The second-order valence-corrected chi connectivity index (χ2v) is 25.5. The van der Waals surface area contributed by atoms with E-state index < -0.39 is 164 Å². The fraction of sp³-hybridized carbons (Fsp3) is 0.942. The van der Waals surface area contributed by atoms with Gasteiger partial charge in [-0.25, -0.2) is 0 Å². The van der Waals surface area contributed by atoms with Crippen LogP contribution in [0.5, 0.6) is 0 Å². The number of ether oxygens (including phenoxy) is 8. The molecule has 13 N–H and O–H groups in total. The number of allylic oxidation sites excluding steroid dienone is 2. The number of esters is 1. The SMILES string of the molecule is CC1(C)CC[C@]2(C(=O)O[C@@H]3O[C@H](CO[C@@H]4OC[C@@H](O)[C@H](O)[C@H]4O)[C@@H](O)[C@H](O)[C@H]3O)[C@H](O)C[C@]3(C)C(=CC[C@@H]4[C@@]5(C)CC[C@H](O[C@@H]6OC[C@H](O)[C@H](O)[C@H]6O[C@@H]6O[C@H](CO)[C@@H](O)[C@H](O)[C@H]6O)C(C)(C)[C@@H]5CC[C@]43C)[C@@H]2C1. The van der Waals surface area contributed by atoms with Crippen LogP contribution >= 0.6 is 0 Å². The molecular formula is C52H84O22. The van der Waals surface area contributed by atoms with Crippen molar-refractivity contribution in [1.82, 2.24) is 0 Å². The van der Waals surface area contributed by atoms with E-state index >= 15 is 4.79 Å². The molecule has 0 spiro atoms. The summed E-state index contributed by atoms with van der Waals surface area (Å²) in [5, 5.41) is 140. The van der Waals surface area contributed by atoms with Crippen molar-refractivity contribution in [3.63, 3.8) is 0 Å². The second-order valence-electron chi connectivity index (χ2n) is 25.5. The average molecular weight is 1060 g/mol. The van der Waals surface area contributed by atoms with Crippen molar-refractivity contribution in [3.05, 3.63) is 11.6 Å². The van der Waals surface area contributed by atoms with E-state index in [-0.39, 0.29) is 54.1 Å². The molecule has 0 aromatic heterocycles. The molecule has 9 rings (SSSR count). The molecule has 74 heavy (non-hydrogen) atoms. The second kappa shape index (κ2) is 20.5. The van der Waals surface area contributed by atoms with Crippen LogP contribution in [0.2, 0.25) is 0 Å². The largest absolute Gasteiger partial charge is 0.432 e. The highest BCUT2D eigenvalue weighted by Gasteiger charge is 2.72. The molecular weight excluding hydrogens is 977 g/mol. The molecule has 0 aromatic rings. The van der Waals surface area contributed by atoms with Crippen molar-refractivity contribution >= 4 is 5.97 Å². The van der Waals surface area contributed by atoms with Crippen molar-refractivity contribution in [1.29, 1.82) is 0 Å². The fourth-order valence-electron chi connectivity index (χ4n) is 15.9. The summed E-state index contributed by atoms with van der Waals surface area (Å²) >= 11 is 0. The van der Waals surface area contributed by atoms with E-state index in [0.717, 1.165) is 24.8 Å².